The third-order valence-electron chi connectivity index (χ3n) is 2.08. The molecule has 0 fully saturated rings. The lowest BCUT2D eigenvalue weighted by molar-refractivity contribution is 0.0698. The molecule has 0 aromatic carbocycles. The third-order valence-corrected chi connectivity index (χ3v) is 2.08. The molecule has 0 saturated carbocycles. The topological polar surface area (TPSA) is 81.8 Å². The normalized spacial score (nSPS) is 10.4. The number of aromatic nitrogens is 3. The zero-order chi connectivity index (χ0) is 10.1. The van der Waals surface area contributed by atoms with Gasteiger partial charge in [-0.3, -0.25) is 5.10 Å². The summed E-state index contributed by atoms with van der Waals surface area (Å²) >= 11 is 0. The van der Waals surface area contributed by atoms with Gasteiger partial charge in [-0.1, -0.05) is 0 Å². The van der Waals surface area contributed by atoms with Crippen molar-refractivity contribution in [3.05, 3.63) is 29.7 Å². The molecule has 2 heterocycles. The number of nitrogens with one attached hydrogen (secondary N) is 2. The largest absolute Gasteiger partial charge is 0.478 e. The summed E-state index contributed by atoms with van der Waals surface area (Å²) in [6.07, 6.45) is 3.21. The second-order valence-electron chi connectivity index (χ2n) is 2.98. The van der Waals surface area contributed by atoms with E-state index in [0.29, 0.717) is 5.69 Å². The predicted molar refractivity (Wildman–Crippen MR) is 50.1 cm³/mol. The monoisotopic (exact) mass is 191 g/mol. The number of carboxylic acids is 1. The van der Waals surface area contributed by atoms with E-state index >= 15 is 0 Å². The lowest BCUT2D eigenvalue weighted by Gasteiger charge is -1.97. The maximum atomic E-state index is 10.8. The van der Waals surface area contributed by atoms with Gasteiger partial charge in [0.25, 0.3) is 0 Å². The van der Waals surface area contributed by atoms with Crippen LogP contribution < -0.4 is 0 Å². The maximum absolute atomic E-state index is 10.8. The molecule has 5 heteroatoms. The Balaban J connectivity index is 2.57. The predicted octanol–water partition coefficient (Wildman–Crippen LogP) is 1.41. The Labute approximate surface area is 79.8 Å². The molecule has 3 N–H and O–H groups in total. The molecule has 0 bridgehead atoms. The van der Waals surface area contributed by atoms with E-state index in [0.717, 1.165) is 11.3 Å². The highest BCUT2D eigenvalue weighted by Gasteiger charge is 2.14. The summed E-state index contributed by atoms with van der Waals surface area (Å²) in [5.74, 6) is -0.943. The van der Waals surface area contributed by atoms with Gasteiger partial charge in [-0.25, -0.2) is 4.79 Å². The molecule has 0 unspecified atom stereocenters. The summed E-state index contributed by atoms with van der Waals surface area (Å²) in [4.78, 5) is 13.7. The lowest BCUT2D eigenvalue weighted by atomic mass is 10.1. The van der Waals surface area contributed by atoms with E-state index in [1.807, 2.05) is 6.92 Å². The van der Waals surface area contributed by atoms with Crippen molar-refractivity contribution in [2.24, 2.45) is 0 Å². The van der Waals surface area contributed by atoms with Gasteiger partial charge in [0.15, 0.2) is 0 Å². The summed E-state index contributed by atoms with van der Waals surface area (Å²) < 4.78 is 0. The van der Waals surface area contributed by atoms with Gasteiger partial charge >= 0.3 is 5.97 Å². The van der Waals surface area contributed by atoms with Crippen molar-refractivity contribution >= 4 is 5.97 Å². The van der Waals surface area contributed by atoms with Gasteiger partial charge in [-0.2, -0.15) is 5.10 Å². The molecule has 0 atom stereocenters. The van der Waals surface area contributed by atoms with Crippen LogP contribution in [0.2, 0.25) is 0 Å². The summed E-state index contributed by atoms with van der Waals surface area (Å²) in [6, 6.07) is 1.53. The number of H-pyrrole nitrogens is 2. The molecule has 5 nitrogen and oxygen atoms in total. The van der Waals surface area contributed by atoms with Crippen molar-refractivity contribution in [3.63, 3.8) is 0 Å². The molecular formula is C9H9N3O2. The van der Waals surface area contributed by atoms with Crippen molar-refractivity contribution in [1.82, 2.24) is 15.2 Å². The van der Waals surface area contributed by atoms with Crippen molar-refractivity contribution in [3.8, 4) is 11.3 Å². The number of hydrogen-bond donors (Lipinski definition) is 3. The van der Waals surface area contributed by atoms with Crippen LogP contribution in [0, 0.1) is 6.92 Å². The van der Waals surface area contributed by atoms with E-state index in [1.165, 1.54) is 6.07 Å². The first kappa shape index (κ1) is 8.55. The Hall–Kier alpha value is -2.04. The van der Waals surface area contributed by atoms with Gasteiger partial charge in [-0.05, 0) is 13.0 Å². The van der Waals surface area contributed by atoms with Crippen LogP contribution in [-0.2, 0) is 0 Å². The zero-order valence-electron chi connectivity index (χ0n) is 7.53. The number of carboxylic acid groups (broad SMARTS) is 1. The first-order valence-electron chi connectivity index (χ1n) is 4.11. The van der Waals surface area contributed by atoms with E-state index in [9.17, 15) is 4.79 Å². The minimum atomic E-state index is -0.943. The van der Waals surface area contributed by atoms with Crippen LogP contribution >= 0.6 is 0 Å². The van der Waals surface area contributed by atoms with Crippen molar-refractivity contribution < 1.29 is 9.90 Å². The van der Waals surface area contributed by atoms with Crippen LogP contribution in [0.4, 0.5) is 0 Å². The highest BCUT2D eigenvalue weighted by molar-refractivity contribution is 5.95. The first-order valence-corrected chi connectivity index (χ1v) is 4.11. The van der Waals surface area contributed by atoms with Crippen LogP contribution in [0.1, 0.15) is 16.1 Å². The van der Waals surface area contributed by atoms with E-state index in [4.69, 9.17) is 5.11 Å². The zero-order valence-corrected chi connectivity index (χ0v) is 7.53. The fourth-order valence-corrected chi connectivity index (χ4v) is 1.37. The van der Waals surface area contributed by atoms with Crippen molar-refractivity contribution in [1.29, 1.82) is 0 Å². The van der Waals surface area contributed by atoms with Gasteiger partial charge < -0.3 is 10.1 Å². The fraction of sp³-hybridized carbons (Fsp3) is 0.111. The Morgan fingerprint density at radius 3 is 2.93 bits per heavy atom. The molecule has 0 aliphatic carbocycles. The molecule has 0 amide bonds. The van der Waals surface area contributed by atoms with Gasteiger partial charge in [0.2, 0.25) is 0 Å². The Morgan fingerprint density at radius 2 is 2.36 bits per heavy atom. The number of rotatable bonds is 2. The Morgan fingerprint density at radius 1 is 1.57 bits per heavy atom. The molecule has 0 aliphatic heterocycles. The van der Waals surface area contributed by atoms with Gasteiger partial charge in [-0.15, -0.1) is 0 Å². The molecule has 0 spiro atoms. The third kappa shape index (κ3) is 1.19. The number of aromatic amines is 2. The van der Waals surface area contributed by atoms with Crippen LogP contribution in [0.5, 0.6) is 0 Å². The molecule has 0 saturated heterocycles. The molecule has 2 aromatic rings. The molecule has 2 aromatic heterocycles. The Bertz CT molecular complexity index is 470. The minimum Gasteiger partial charge on any atom is -0.478 e. The Kier molecular flexibility index (Phi) is 1.85. The molecule has 2 rings (SSSR count). The van der Waals surface area contributed by atoms with Crippen LogP contribution in [-0.4, -0.2) is 26.3 Å². The average Bonchev–Trinajstić information content (AvgIpc) is 2.70. The van der Waals surface area contributed by atoms with Gasteiger partial charge in [0, 0.05) is 17.5 Å². The standard InChI is InChI=1S/C9H9N3O2/c1-5-7(4-11-12-5)8-6(9(13)14)2-3-10-8/h2-4,10H,1H3,(H,11,12)(H,13,14). The average molecular weight is 191 g/mol. The van der Waals surface area contributed by atoms with E-state index in [2.05, 4.69) is 15.2 Å². The second kappa shape index (κ2) is 3.02. The van der Waals surface area contributed by atoms with Crippen molar-refractivity contribution in [2.45, 2.75) is 6.92 Å². The van der Waals surface area contributed by atoms with E-state index in [1.54, 1.807) is 12.4 Å². The summed E-state index contributed by atoms with van der Waals surface area (Å²) in [6.45, 7) is 1.84. The van der Waals surface area contributed by atoms with Crippen LogP contribution in [0.25, 0.3) is 11.3 Å². The van der Waals surface area contributed by atoms with Gasteiger partial charge in [0.05, 0.1) is 17.5 Å². The fourth-order valence-electron chi connectivity index (χ4n) is 1.37. The van der Waals surface area contributed by atoms with E-state index in [-0.39, 0.29) is 5.56 Å². The van der Waals surface area contributed by atoms with E-state index < -0.39 is 5.97 Å². The molecule has 0 aliphatic rings. The van der Waals surface area contributed by atoms with Crippen LogP contribution in [0.3, 0.4) is 0 Å². The quantitative estimate of drug-likeness (QED) is 0.671. The molecule has 72 valence electrons. The second-order valence-corrected chi connectivity index (χ2v) is 2.98. The van der Waals surface area contributed by atoms with Gasteiger partial charge in [0.1, 0.15) is 0 Å². The molecular weight excluding hydrogens is 182 g/mol. The summed E-state index contributed by atoms with van der Waals surface area (Å²) in [7, 11) is 0. The smallest absolute Gasteiger partial charge is 0.337 e. The highest BCUT2D eigenvalue weighted by atomic mass is 16.4. The number of aryl methyl sites for hydroxylation is 1. The number of hydrogen-bond acceptors (Lipinski definition) is 2. The summed E-state index contributed by atoms with van der Waals surface area (Å²) in [5.41, 5.74) is 2.47. The van der Waals surface area contributed by atoms with Crippen LogP contribution in [0.15, 0.2) is 18.5 Å². The number of nitrogens with zero attached hydrogens (tertiary/aromatic N) is 1. The molecule has 14 heavy (non-hydrogen) atoms. The maximum Gasteiger partial charge on any atom is 0.337 e. The number of carbonyl (C=O) groups is 1. The SMILES string of the molecule is Cc1[nH]ncc1-c1[nH]ccc1C(=O)O. The number of aromatic carboxylic acids is 1. The van der Waals surface area contributed by atoms with Crippen molar-refractivity contribution in [2.75, 3.05) is 0 Å². The highest BCUT2D eigenvalue weighted by Crippen LogP contribution is 2.23. The minimum absolute atomic E-state index is 0.259. The lowest BCUT2D eigenvalue weighted by Crippen LogP contribution is -1.96. The summed E-state index contributed by atoms with van der Waals surface area (Å²) in [5, 5.41) is 15.5. The first-order chi connectivity index (χ1) is 6.70. The molecule has 0 radical (unpaired) electrons.